The van der Waals surface area contributed by atoms with Crippen LogP contribution in [0.2, 0.25) is 18.1 Å². The standard InChI is InChI=1S/C19H37NOSi3/c1-10-22-18(21-24(8,9)19(5,6)7)20-16(4)23-17-13-11-12-14(2)15(17)3/h10-13,16,18,20H,1,22-23H2,2-9H3. The summed E-state index contributed by atoms with van der Waals surface area (Å²) < 4.78 is 6.65. The van der Waals surface area contributed by atoms with Gasteiger partial charge >= 0.3 is 0 Å². The van der Waals surface area contributed by atoms with Crippen molar-refractivity contribution in [3.8, 4) is 0 Å². The minimum Gasteiger partial charge on any atom is -0.405 e. The van der Waals surface area contributed by atoms with Gasteiger partial charge in [0.1, 0.15) is 0 Å². The van der Waals surface area contributed by atoms with Crippen LogP contribution in [0.5, 0.6) is 0 Å². The Hall–Kier alpha value is -0.469. The lowest BCUT2D eigenvalue weighted by Crippen LogP contribution is -2.54. The first-order chi connectivity index (χ1) is 11.0. The summed E-state index contributed by atoms with van der Waals surface area (Å²) in [6.45, 7) is 22.4. The molecule has 136 valence electrons. The highest BCUT2D eigenvalue weighted by Gasteiger charge is 2.39. The molecule has 0 bridgehead atoms. The third-order valence-electron chi connectivity index (χ3n) is 5.34. The first-order valence-electron chi connectivity index (χ1n) is 9.08. The van der Waals surface area contributed by atoms with Gasteiger partial charge in [-0.05, 0) is 48.8 Å². The Kier molecular flexibility index (Phi) is 7.87. The smallest absolute Gasteiger partial charge is 0.193 e. The van der Waals surface area contributed by atoms with Gasteiger partial charge in [-0.2, -0.15) is 0 Å². The summed E-state index contributed by atoms with van der Waals surface area (Å²) >= 11 is 0. The zero-order valence-corrected chi connectivity index (χ0v) is 20.8. The van der Waals surface area contributed by atoms with Crippen LogP contribution in [-0.2, 0) is 4.43 Å². The molecule has 0 aliphatic carbocycles. The number of rotatable bonds is 8. The molecule has 0 aliphatic heterocycles. The zero-order valence-electron chi connectivity index (χ0n) is 17.0. The minimum absolute atomic E-state index is 0.219. The molecule has 5 heteroatoms. The van der Waals surface area contributed by atoms with Crippen LogP contribution in [0.25, 0.3) is 0 Å². The molecule has 0 aromatic heterocycles. The lowest BCUT2D eigenvalue weighted by molar-refractivity contribution is 0.214. The molecule has 1 N–H and O–H groups in total. The van der Waals surface area contributed by atoms with Gasteiger partial charge in [0.15, 0.2) is 8.32 Å². The molecule has 0 radical (unpaired) electrons. The number of nitrogens with one attached hydrogen (secondary N) is 1. The number of hydrogen-bond donors (Lipinski definition) is 1. The first-order valence-corrected chi connectivity index (χ1v) is 15.1. The molecule has 1 rings (SSSR count). The molecule has 0 heterocycles. The molecule has 0 amide bonds. The van der Waals surface area contributed by atoms with E-state index >= 15 is 0 Å². The Morgan fingerprint density at radius 2 is 1.88 bits per heavy atom. The lowest BCUT2D eigenvalue weighted by atomic mass is 10.1. The Bertz CT molecular complexity index is 552. The zero-order chi connectivity index (χ0) is 18.5. The molecular weight excluding hydrogens is 342 g/mol. The van der Waals surface area contributed by atoms with E-state index in [0.717, 1.165) is 0 Å². The van der Waals surface area contributed by atoms with Gasteiger partial charge in [0.25, 0.3) is 0 Å². The number of benzene rings is 1. The molecular formula is C19H37NOSi3. The van der Waals surface area contributed by atoms with Crippen molar-refractivity contribution in [3.63, 3.8) is 0 Å². The van der Waals surface area contributed by atoms with Gasteiger partial charge in [-0.3, -0.25) is 5.32 Å². The molecule has 24 heavy (non-hydrogen) atoms. The lowest BCUT2D eigenvalue weighted by Gasteiger charge is -2.40. The first kappa shape index (κ1) is 21.6. The SMILES string of the molecule is C=C[SiH2]C(NC(C)[SiH2]c1cccc(C)c1C)O[Si](C)(C)C(C)(C)C. The average molecular weight is 380 g/mol. The fourth-order valence-corrected chi connectivity index (χ4v) is 8.41. The highest BCUT2D eigenvalue weighted by molar-refractivity contribution is 6.74. The molecule has 0 spiro atoms. The Labute approximate surface area is 155 Å². The van der Waals surface area contributed by atoms with E-state index in [1.54, 1.807) is 5.19 Å². The monoisotopic (exact) mass is 379 g/mol. The van der Waals surface area contributed by atoms with Gasteiger partial charge in [0, 0.05) is 0 Å². The van der Waals surface area contributed by atoms with Gasteiger partial charge < -0.3 is 4.43 Å². The van der Waals surface area contributed by atoms with Crippen molar-refractivity contribution >= 4 is 32.5 Å². The van der Waals surface area contributed by atoms with Gasteiger partial charge in [-0.1, -0.05) is 51.1 Å². The third-order valence-corrected chi connectivity index (χ3v) is 13.4. The van der Waals surface area contributed by atoms with Crippen LogP contribution in [0.15, 0.2) is 30.5 Å². The molecule has 1 aromatic rings. The molecule has 0 aliphatic rings. The van der Waals surface area contributed by atoms with Crippen molar-refractivity contribution in [1.82, 2.24) is 5.32 Å². The van der Waals surface area contributed by atoms with Crippen LogP contribution in [0.4, 0.5) is 0 Å². The van der Waals surface area contributed by atoms with Crippen molar-refractivity contribution in [2.24, 2.45) is 0 Å². The summed E-state index contributed by atoms with van der Waals surface area (Å²) in [6.07, 6.45) is 0. The van der Waals surface area contributed by atoms with Crippen LogP contribution in [0, 0.1) is 13.8 Å². The quantitative estimate of drug-likeness (QED) is 0.554. The maximum absolute atomic E-state index is 6.65. The largest absolute Gasteiger partial charge is 0.405 e. The van der Waals surface area contributed by atoms with E-state index in [2.05, 4.69) is 90.4 Å². The summed E-state index contributed by atoms with van der Waals surface area (Å²) in [5, 5.41) is 5.62. The van der Waals surface area contributed by atoms with E-state index in [0.29, 0.717) is 5.67 Å². The Morgan fingerprint density at radius 3 is 2.42 bits per heavy atom. The second kappa shape index (κ2) is 8.76. The van der Waals surface area contributed by atoms with Crippen LogP contribution in [0.1, 0.15) is 38.8 Å². The van der Waals surface area contributed by atoms with Crippen LogP contribution in [0.3, 0.4) is 0 Å². The van der Waals surface area contributed by atoms with Crippen molar-refractivity contribution in [2.75, 3.05) is 0 Å². The van der Waals surface area contributed by atoms with Crippen molar-refractivity contribution < 1.29 is 4.43 Å². The molecule has 0 saturated heterocycles. The van der Waals surface area contributed by atoms with Crippen molar-refractivity contribution in [2.45, 2.75) is 71.2 Å². The fourth-order valence-electron chi connectivity index (χ4n) is 2.57. The highest BCUT2D eigenvalue weighted by atomic mass is 28.4. The van der Waals surface area contributed by atoms with Crippen LogP contribution < -0.4 is 10.5 Å². The van der Waals surface area contributed by atoms with Gasteiger partial charge in [-0.25, -0.2) is 0 Å². The Balaban J connectivity index is 2.77. The average Bonchev–Trinajstić information content (AvgIpc) is 2.42. The summed E-state index contributed by atoms with van der Waals surface area (Å²) in [5.41, 5.74) is 5.52. The normalized spacial score (nSPS) is 16.2. The Morgan fingerprint density at radius 1 is 1.25 bits per heavy atom. The summed E-state index contributed by atoms with van der Waals surface area (Å²) in [4.78, 5) is 0. The molecule has 2 unspecified atom stereocenters. The topological polar surface area (TPSA) is 21.3 Å². The molecule has 0 saturated carbocycles. The fraction of sp³-hybridized carbons (Fsp3) is 0.579. The summed E-state index contributed by atoms with van der Waals surface area (Å²) in [6, 6.07) is 6.71. The van der Waals surface area contributed by atoms with E-state index in [1.165, 1.54) is 11.1 Å². The van der Waals surface area contributed by atoms with E-state index in [9.17, 15) is 0 Å². The van der Waals surface area contributed by atoms with Gasteiger partial charge in [0.2, 0.25) is 0 Å². The van der Waals surface area contributed by atoms with E-state index in [1.807, 2.05) is 0 Å². The summed E-state index contributed by atoms with van der Waals surface area (Å²) in [7, 11) is -2.58. The second-order valence-corrected chi connectivity index (χ2v) is 17.5. The van der Waals surface area contributed by atoms with E-state index in [4.69, 9.17) is 4.43 Å². The molecule has 0 fully saturated rings. The number of aryl methyl sites for hydroxylation is 1. The predicted molar refractivity (Wildman–Crippen MR) is 118 cm³/mol. The van der Waals surface area contributed by atoms with Crippen LogP contribution >= 0.6 is 0 Å². The maximum atomic E-state index is 6.65. The highest BCUT2D eigenvalue weighted by Crippen LogP contribution is 2.37. The molecule has 2 nitrogen and oxygen atoms in total. The van der Waals surface area contributed by atoms with Gasteiger partial charge in [0.05, 0.1) is 24.9 Å². The van der Waals surface area contributed by atoms with Gasteiger partial charge in [-0.15, -0.1) is 12.3 Å². The number of hydrogen-bond acceptors (Lipinski definition) is 2. The summed E-state index contributed by atoms with van der Waals surface area (Å²) in [5.74, 6) is 0.219. The van der Waals surface area contributed by atoms with Crippen molar-refractivity contribution in [3.05, 3.63) is 41.6 Å². The van der Waals surface area contributed by atoms with Crippen LogP contribution in [-0.4, -0.2) is 38.9 Å². The predicted octanol–water partition coefficient (Wildman–Crippen LogP) is 2.65. The van der Waals surface area contributed by atoms with E-state index < -0.39 is 17.8 Å². The third kappa shape index (κ3) is 6.11. The molecule has 2 atom stereocenters. The van der Waals surface area contributed by atoms with Crippen molar-refractivity contribution in [1.29, 1.82) is 0 Å². The second-order valence-electron chi connectivity index (χ2n) is 8.52. The molecule has 1 aromatic carbocycles. The maximum Gasteiger partial charge on any atom is 0.193 e. The van der Waals surface area contributed by atoms with E-state index in [-0.39, 0.29) is 20.4 Å². The minimum atomic E-state index is -1.74.